The number of benzene rings is 2. The van der Waals surface area contributed by atoms with E-state index in [-0.39, 0.29) is 12.1 Å². The van der Waals surface area contributed by atoms with E-state index in [4.69, 9.17) is 14.7 Å². The van der Waals surface area contributed by atoms with Gasteiger partial charge in [0.05, 0.1) is 17.9 Å². The van der Waals surface area contributed by atoms with Crippen LogP contribution in [0.1, 0.15) is 94.0 Å². The average Bonchev–Trinajstić information content (AvgIpc) is 3.64. The van der Waals surface area contributed by atoms with Crippen LogP contribution in [0.5, 0.6) is 0 Å². The molecule has 0 bridgehead atoms. The van der Waals surface area contributed by atoms with Crippen molar-refractivity contribution in [2.45, 2.75) is 104 Å². The van der Waals surface area contributed by atoms with Gasteiger partial charge in [-0.2, -0.15) is 0 Å². The van der Waals surface area contributed by atoms with Gasteiger partial charge in [0.2, 0.25) is 0 Å². The molecule has 5 aliphatic rings. The molecule has 7 heteroatoms. The molecule has 45 heavy (non-hydrogen) atoms. The van der Waals surface area contributed by atoms with Crippen LogP contribution in [0.25, 0.3) is 33.6 Å². The van der Waals surface area contributed by atoms with Crippen molar-refractivity contribution in [2.75, 3.05) is 0 Å². The number of rotatable bonds is 5. The Morgan fingerprint density at radius 3 is 2.11 bits per heavy atom. The molecule has 7 nitrogen and oxygen atoms in total. The van der Waals surface area contributed by atoms with Crippen molar-refractivity contribution in [1.29, 1.82) is 0 Å². The van der Waals surface area contributed by atoms with E-state index in [2.05, 4.69) is 60.2 Å². The van der Waals surface area contributed by atoms with E-state index in [0.717, 1.165) is 55.2 Å². The summed E-state index contributed by atoms with van der Waals surface area (Å²) in [5.41, 5.74) is 12.4. The highest BCUT2D eigenvalue weighted by molar-refractivity contribution is 5.78. The minimum absolute atomic E-state index is 0.215. The molecule has 1 amide bonds. The lowest BCUT2D eigenvalue weighted by molar-refractivity contribution is 0.0203. The van der Waals surface area contributed by atoms with Crippen LogP contribution in [-0.2, 0) is 37.0 Å². The van der Waals surface area contributed by atoms with Crippen LogP contribution in [-0.4, -0.2) is 42.6 Å². The number of ether oxygens (including phenoxy) is 1. The van der Waals surface area contributed by atoms with Crippen molar-refractivity contribution in [2.24, 2.45) is 17.3 Å². The Bertz CT molecular complexity index is 1880. The quantitative estimate of drug-likeness (QED) is 0.243. The van der Waals surface area contributed by atoms with Crippen molar-refractivity contribution < 1.29 is 9.53 Å². The van der Waals surface area contributed by atoms with Gasteiger partial charge in [0.25, 0.3) is 0 Å². The van der Waals surface area contributed by atoms with E-state index < -0.39 is 5.60 Å². The van der Waals surface area contributed by atoms with E-state index in [1.165, 1.54) is 63.4 Å². The number of imidazole rings is 2. The summed E-state index contributed by atoms with van der Waals surface area (Å²) in [5.74, 6) is 4.10. The third-order valence-electron chi connectivity index (χ3n) is 11.5. The number of fused-ring (bicyclic) bond motifs is 7. The van der Waals surface area contributed by atoms with Crippen LogP contribution in [0.2, 0.25) is 0 Å². The summed E-state index contributed by atoms with van der Waals surface area (Å²) >= 11 is 0. The summed E-state index contributed by atoms with van der Waals surface area (Å²) in [6.07, 6.45) is 7.40. The summed E-state index contributed by atoms with van der Waals surface area (Å²) in [6, 6.07) is 14.0. The second-order valence-corrected chi connectivity index (χ2v) is 15.8. The van der Waals surface area contributed by atoms with E-state index in [0.29, 0.717) is 23.8 Å². The molecule has 2 aromatic heterocycles. The Balaban J connectivity index is 0.962. The topological polar surface area (TPSA) is 86.9 Å². The zero-order valence-electron chi connectivity index (χ0n) is 27.1. The number of hydrogen-bond donors (Lipinski definition) is 2. The van der Waals surface area contributed by atoms with Gasteiger partial charge in [0.1, 0.15) is 17.2 Å². The number of nitrogens with zero attached hydrogens (tertiary/aromatic N) is 3. The Morgan fingerprint density at radius 2 is 1.56 bits per heavy atom. The maximum Gasteiger partial charge on any atom is 0.410 e. The lowest BCUT2D eigenvalue weighted by Crippen LogP contribution is -2.38. The number of amides is 1. The highest BCUT2D eigenvalue weighted by Gasteiger charge is 2.65. The average molecular weight is 602 g/mol. The molecule has 0 spiro atoms. The molecule has 3 fully saturated rings. The predicted molar refractivity (Wildman–Crippen MR) is 175 cm³/mol. The van der Waals surface area contributed by atoms with Gasteiger partial charge in [-0.15, -0.1) is 0 Å². The first kappa shape index (κ1) is 27.4. The second-order valence-electron chi connectivity index (χ2n) is 15.8. The molecular weight excluding hydrogens is 558 g/mol. The SMILES string of the molecule is CC1CC1N(Cc1nc2c([nH]1)CCc1cc(-c3ccc4c(c3)CCc3[nH]c([C@@H]5C[C@H]6CC65C)nc3-4)ccc1-2)C(=O)OC(C)(C)C. The van der Waals surface area contributed by atoms with Crippen LogP contribution < -0.4 is 0 Å². The van der Waals surface area contributed by atoms with Crippen molar-refractivity contribution in [3.8, 4) is 33.6 Å². The highest BCUT2D eigenvalue weighted by atomic mass is 16.6. The number of nitrogens with one attached hydrogen (secondary N) is 2. The number of aromatic amines is 2. The summed E-state index contributed by atoms with van der Waals surface area (Å²) < 4.78 is 5.75. The highest BCUT2D eigenvalue weighted by Crippen LogP contribution is 2.74. The van der Waals surface area contributed by atoms with Crippen molar-refractivity contribution >= 4 is 6.09 Å². The number of carbonyl (C=O) groups is 1. The molecule has 3 saturated carbocycles. The van der Waals surface area contributed by atoms with Gasteiger partial charge in [-0.1, -0.05) is 50.2 Å². The first-order valence-electron chi connectivity index (χ1n) is 17.0. The zero-order chi connectivity index (χ0) is 30.8. The molecule has 0 aliphatic heterocycles. The first-order chi connectivity index (χ1) is 21.5. The van der Waals surface area contributed by atoms with Gasteiger partial charge in [-0.05, 0) is 105 Å². The fraction of sp³-hybridized carbons (Fsp3) is 0.500. The fourth-order valence-electron chi connectivity index (χ4n) is 8.49. The number of H-pyrrole nitrogens is 2. The second kappa shape index (κ2) is 9.34. The Hall–Kier alpha value is -3.87. The monoisotopic (exact) mass is 601 g/mol. The predicted octanol–water partition coefficient (Wildman–Crippen LogP) is 7.99. The van der Waals surface area contributed by atoms with Gasteiger partial charge in [-0.25, -0.2) is 14.8 Å². The largest absolute Gasteiger partial charge is 0.444 e. The van der Waals surface area contributed by atoms with Crippen molar-refractivity contribution in [3.63, 3.8) is 0 Å². The van der Waals surface area contributed by atoms with Crippen LogP contribution in [0.4, 0.5) is 4.79 Å². The fourth-order valence-corrected chi connectivity index (χ4v) is 8.49. The molecule has 9 rings (SSSR count). The van der Waals surface area contributed by atoms with Crippen molar-refractivity contribution in [1.82, 2.24) is 24.8 Å². The molecule has 0 saturated heterocycles. The molecule has 2 heterocycles. The minimum Gasteiger partial charge on any atom is -0.444 e. The van der Waals surface area contributed by atoms with E-state index >= 15 is 0 Å². The molecular formula is C38H43N5O2. The normalized spacial score (nSPS) is 26.9. The van der Waals surface area contributed by atoms with E-state index in [9.17, 15) is 4.79 Å². The van der Waals surface area contributed by atoms with Crippen LogP contribution in [0, 0.1) is 17.3 Å². The van der Waals surface area contributed by atoms with Crippen molar-refractivity contribution in [3.05, 3.63) is 70.6 Å². The Kier molecular flexibility index (Phi) is 5.69. The maximum atomic E-state index is 13.1. The van der Waals surface area contributed by atoms with Crippen LogP contribution in [0.3, 0.4) is 0 Å². The molecule has 3 unspecified atom stereocenters. The molecule has 5 atom stereocenters. The minimum atomic E-state index is -0.523. The molecule has 232 valence electrons. The smallest absolute Gasteiger partial charge is 0.410 e. The molecule has 2 N–H and O–H groups in total. The van der Waals surface area contributed by atoms with Crippen LogP contribution >= 0.6 is 0 Å². The van der Waals surface area contributed by atoms with Crippen LogP contribution in [0.15, 0.2) is 36.4 Å². The van der Waals surface area contributed by atoms with Gasteiger partial charge >= 0.3 is 6.09 Å². The van der Waals surface area contributed by atoms with Gasteiger partial charge in [0, 0.05) is 34.5 Å². The lowest BCUT2D eigenvalue weighted by Gasteiger charge is -2.31. The Morgan fingerprint density at radius 1 is 0.933 bits per heavy atom. The van der Waals surface area contributed by atoms with Gasteiger partial charge in [-0.3, -0.25) is 4.90 Å². The third kappa shape index (κ3) is 4.48. The number of carbonyl (C=O) groups excluding carboxylic acids is 1. The standard InChI is InChI=1S/C38H43N5O2/c1-20-14-31(20)43(36(44)45-37(2,3)4)19-32-39-29-12-8-23-15-21(6-10-26(23)33(29)41-32)22-7-11-27-24(16-22)9-13-30-34(27)42-35(40-30)28-17-25-18-38(25,28)5/h6-7,10-11,15-16,20,25,28,31H,8-9,12-14,17-19H2,1-5H3,(H,39,41)(H,40,42)/t20?,25-,28-,31?,38?/m0/s1. The zero-order valence-corrected chi connectivity index (χ0v) is 27.1. The van der Waals surface area contributed by atoms with Gasteiger partial charge < -0.3 is 14.7 Å². The molecule has 0 radical (unpaired) electrons. The third-order valence-corrected chi connectivity index (χ3v) is 11.5. The van der Waals surface area contributed by atoms with E-state index in [1.54, 1.807) is 0 Å². The molecule has 5 aliphatic carbocycles. The van der Waals surface area contributed by atoms with E-state index in [1.807, 2.05) is 25.7 Å². The lowest BCUT2D eigenvalue weighted by atomic mass is 9.74. The summed E-state index contributed by atoms with van der Waals surface area (Å²) in [5, 5.41) is 0. The summed E-state index contributed by atoms with van der Waals surface area (Å²) in [4.78, 5) is 32.5. The Labute approximate surface area is 265 Å². The maximum absolute atomic E-state index is 13.1. The van der Waals surface area contributed by atoms with Gasteiger partial charge in [0.15, 0.2) is 0 Å². The summed E-state index contributed by atoms with van der Waals surface area (Å²) in [6.45, 7) is 10.8. The molecule has 2 aromatic carbocycles. The molecule has 4 aromatic rings. The number of hydrogen-bond acceptors (Lipinski definition) is 4. The summed E-state index contributed by atoms with van der Waals surface area (Å²) in [7, 11) is 0. The number of aryl methyl sites for hydroxylation is 4. The number of aromatic nitrogens is 4. The first-order valence-corrected chi connectivity index (χ1v) is 17.0.